The molecule has 0 N–H and O–H groups in total. The van der Waals surface area contributed by atoms with Crippen molar-refractivity contribution in [2.45, 2.75) is 51.6 Å². The summed E-state index contributed by atoms with van der Waals surface area (Å²) < 4.78 is 5.70. The lowest BCUT2D eigenvalue weighted by Crippen LogP contribution is -2.12. The molecule has 1 rings (SSSR count). The van der Waals surface area contributed by atoms with E-state index in [-0.39, 0.29) is 0 Å². The molecule has 70 valence electrons. The summed E-state index contributed by atoms with van der Waals surface area (Å²) in [6.45, 7) is 3.17. The van der Waals surface area contributed by atoms with Crippen LogP contribution in [0.15, 0.2) is 12.2 Å². The maximum absolute atomic E-state index is 5.70. The molecule has 0 spiro atoms. The van der Waals surface area contributed by atoms with Crippen molar-refractivity contribution >= 4 is 0 Å². The number of unbranched alkanes of at least 4 members (excludes halogenated alkanes) is 2. The first-order chi connectivity index (χ1) is 5.93. The molecular formula is C11H20O. The number of ether oxygens (including phenoxy) is 1. The van der Waals surface area contributed by atoms with Crippen molar-refractivity contribution < 1.29 is 4.74 Å². The Bertz CT molecular complexity index is 129. The molecule has 1 aliphatic rings. The highest BCUT2D eigenvalue weighted by Crippen LogP contribution is 2.13. The zero-order valence-corrected chi connectivity index (χ0v) is 8.09. The first kappa shape index (κ1) is 9.79. The monoisotopic (exact) mass is 168 g/mol. The Morgan fingerprint density at radius 1 is 1.42 bits per heavy atom. The van der Waals surface area contributed by atoms with Crippen LogP contribution in [0.2, 0.25) is 0 Å². The van der Waals surface area contributed by atoms with Crippen molar-refractivity contribution in [1.82, 2.24) is 0 Å². The van der Waals surface area contributed by atoms with Gasteiger partial charge in [-0.1, -0.05) is 31.9 Å². The zero-order valence-electron chi connectivity index (χ0n) is 8.09. The smallest absolute Gasteiger partial charge is 0.0755 e. The summed E-state index contributed by atoms with van der Waals surface area (Å²) >= 11 is 0. The summed E-state index contributed by atoms with van der Waals surface area (Å²) in [5.74, 6) is 0. The molecule has 12 heavy (non-hydrogen) atoms. The van der Waals surface area contributed by atoms with Gasteiger partial charge in [-0.3, -0.25) is 0 Å². The van der Waals surface area contributed by atoms with Crippen molar-refractivity contribution in [2.24, 2.45) is 0 Å². The highest BCUT2D eigenvalue weighted by Gasteiger charge is 2.07. The fraction of sp³-hybridized carbons (Fsp3) is 0.818. The number of allylic oxidation sites excluding steroid dienone is 1. The molecule has 0 heterocycles. The van der Waals surface area contributed by atoms with Crippen LogP contribution >= 0.6 is 0 Å². The van der Waals surface area contributed by atoms with Crippen LogP contribution in [-0.4, -0.2) is 12.7 Å². The van der Waals surface area contributed by atoms with Crippen molar-refractivity contribution in [3.63, 3.8) is 0 Å². The number of hydrogen-bond donors (Lipinski definition) is 0. The van der Waals surface area contributed by atoms with Gasteiger partial charge < -0.3 is 4.74 Å². The van der Waals surface area contributed by atoms with Crippen LogP contribution in [-0.2, 0) is 4.74 Å². The van der Waals surface area contributed by atoms with Gasteiger partial charge in [0.05, 0.1) is 6.10 Å². The van der Waals surface area contributed by atoms with Gasteiger partial charge in [0.2, 0.25) is 0 Å². The number of rotatable bonds is 5. The SMILES string of the molecule is CCCCCOC1C=CCCC1. The summed E-state index contributed by atoms with van der Waals surface area (Å²) in [5.41, 5.74) is 0. The third-order valence-electron chi connectivity index (χ3n) is 2.29. The van der Waals surface area contributed by atoms with Crippen LogP contribution in [0, 0.1) is 0 Å². The molecular weight excluding hydrogens is 148 g/mol. The van der Waals surface area contributed by atoms with Crippen LogP contribution in [0.5, 0.6) is 0 Å². The van der Waals surface area contributed by atoms with Gasteiger partial charge in [-0.2, -0.15) is 0 Å². The van der Waals surface area contributed by atoms with E-state index >= 15 is 0 Å². The minimum absolute atomic E-state index is 0.426. The Morgan fingerprint density at radius 2 is 2.33 bits per heavy atom. The standard InChI is InChI=1S/C11H20O/c1-2-3-7-10-12-11-8-5-4-6-9-11/h5,8,11H,2-4,6-7,9-10H2,1H3. The molecule has 1 unspecified atom stereocenters. The van der Waals surface area contributed by atoms with Gasteiger partial charge in [0.1, 0.15) is 0 Å². The van der Waals surface area contributed by atoms with Crippen LogP contribution < -0.4 is 0 Å². The van der Waals surface area contributed by atoms with E-state index in [0.29, 0.717) is 6.10 Å². The lowest BCUT2D eigenvalue weighted by atomic mass is 10.1. The minimum atomic E-state index is 0.426. The van der Waals surface area contributed by atoms with E-state index < -0.39 is 0 Å². The minimum Gasteiger partial charge on any atom is -0.374 e. The molecule has 1 heteroatoms. The quantitative estimate of drug-likeness (QED) is 0.452. The van der Waals surface area contributed by atoms with Crippen molar-refractivity contribution in [3.8, 4) is 0 Å². The Labute approximate surface area is 75.8 Å². The molecule has 0 aliphatic heterocycles. The predicted molar refractivity (Wildman–Crippen MR) is 52.3 cm³/mol. The molecule has 1 nitrogen and oxygen atoms in total. The van der Waals surface area contributed by atoms with E-state index in [2.05, 4.69) is 19.1 Å². The molecule has 0 aromatic rings. The Kier molecular flexibility index (Phi) is 5.09. The molecule has 0 bridgehead atoms. The lowest BCUT2D eigenvalue weighted by molar-refractivity contribution is 0.0725. The molecule has 1 atom stereocenters. The fourth-order valence-corrected chi connectivity index (χ4v) is 1.51. The summed E-state index contributed by atoms with van der Waals surface area (Å²) in [7, 11) is 0. The predicted octanol–water partition coefficient (Wildman–Crippen LogP) is 3.30. The Morgan fingerprint density at radius 3 is 3.00 bits per heavy atom. The van der Waals surface area contributed by atoms with E-state index in [9.17, 15) is 0 Å². The van der Waals surface area contributed by atoms with Gasteiger partial charge in [-0.25, -0.2) is 0 Å². The number of hydrogen-bond acceptors (Lipinski definition) is 1. The molecule has 0 saturated heterocycles. The van der Waals surface area contributed by atoms with Gasteiger partial charge in [0.25, 0.3) is 0 Å². The summed E-state index contributed by atoms with van der Waals surface area (Å²) in [6.07, 6.45) is 12.5. The molecule has 0 radical (unpaired) electrons. The molecule has 1 aliphatic carbocycles. The van der Waals surface area contributed by atoms with Gasteiger partial charge in [-0.15, -0.1) is 0 Å². The first-order valence-corrected chi connectivity index (χ1v) is 5.21. The molecule has 0 aromatic carbocycles. The average molecular weight is 168 g/mol. The van der Waals surface area contributed by atoms with E-state index in [4.69, 9.17) is 4.74 Å². The normalized spacial score (nSPS) is 22.9. The van der Waals surface area contributed by atoms with Crippen LogP contribution in [0.3, 0.4) is 0 Å². The Balaban J connectivity index is 1.98. The summed E-state index contributed by atoms with van der Waals surface area (Å²) in [6, 6.07) is 0. The second-order valence-corrected chi connectivity index (χ2v) is 3.48. The van der Waals surface area contributed by atoms with Crippen LogP contribution in [0.4, 0.5) is 0 Å². The maximum Gasteiger partial charge on any atom is 0.0755 e. The molecule has 0 amide bonds. The first-order valence-electron chi connectivity index (χ1n) is 5.21. The molecule has 0 fully saturated rings. The van der Waals surface area contributed by atoms with E-state index in [1.807, 2.05) is 0 Å². The van der Waals surface area contributed by atoms with E-state index in [0.717, 1.165) is 6.61 Å². The third-order valence-corrected chi connectivity index (χ3v) is 2.29. The van der Waals surface area contributed by atoms with E-state index in [1.165, 1.54) is 38.5 Å². The van der Waals surface area contributed by atoms with Crippen molar-refractivity contribution in [1.29, 1.82) is 0 Å². The maximum atomic E-state index is 5.70. The van der Waals surface area contributed by atoms with Crippen molar-refractivity contribution in [2.75, 3.05) is 6.61 Å². The fourth-order valence-electron chi connectivity index (χ4n) is 1.51. The van der Waals surface area contributed by atoms with Gasteiger partial charge in [-0.05, 0) is 25.7 Å². The molecule has 0 saturated carbocycles. The largest absolute Gasteiger partial charge is 0.374 e. The summed E-state index contributed by atoms with van der Waals surface area (Å²) in [5, 5.41) is 0. The zero-order chi connectivity index (χ0) is 8.65. The topological polar surface area (TPSA) is 9.23 Å². The van der Waals surface area contributed by atoms with Crippen LogP contribution in [0.1, 0.15) is 45.4 Å². The lowest BCUT2D eigenvalue weighted by Gasteiger charge is -2.16. The van der Waals surface area contributed by atoms with Gasteiger partial charge >= 0.3 is 0 Å². The second-order valence-electron chi connectivity index (χ2n) is 3.48. The van der Waals surface area contributed by atoms with Gasteiger partial charge in [0.15, 0.2) is 0 Å². The third kappa shape index (κ3) is 3.91. The average Bonchev–Trinajstić information content (AvgIpc) is 2.14. The van der Waals surface area contributed by atoms with E-state index in [1.54, 1.807) is 0 Å². The highest BCUT2D eigenvalue weighted by molar-refractivity contribution is 4.93. The highest BCUT2D eigenvalue weighted by atomic mass is 16.5. The second kappa shape index (κ2) is 6.24. The van der Waals surface area contributed by atoms with Crippen LogP contribution in [0.25, 0.3) is 0 Å². The molecule has 0 aromatic heterocycles. The van der Waals surface area contributed by atoms with Crippen molar-refractivity contribution in [3.05, 3.63) is 12.2 Å². The van der Waals surface area contributed by atoms with Gasteiger partial charge in [0, 0.05) is 6.61 Å². The Hall–Kier alpha value is -0.300. The summed E-state index contributed by atoms with van der Waals surface area (Å²) in [4.78, 5) is 0.